The summed E-state index contributed by atoms with van der Waals surface area (Å²) in [5, 5.41) is 0. The second-order valence-corrected chi connectivity index (χ2v) is 21.6. The Morgan fingerprint density at radius 1 is 0.273 bits per heavy atom. The lowest BCUT2D eigenvalue weighted by atomic mass is 10.0. The van der Waals surface area contributed by atoms with Gasteiger partial charge in [-0.3, -0.25) is 14.4 Å². The zero-order valence-corrected chi connectivity index (χ0v) is 50.7. The molecule has 0 spiro atoms. The summed E-state index contributed by atoms with van der Waals surface area (Å²) in [4.78, 5) is 38.2. The lowest BCUT2D eigenvalue weighted by molar-refractivity contribution is -0.167. The molecule has 0 rings (SSSR count). The summed E-state index contributed by atoms with van der Waals surface area (Å²) in [6.07, 6.45) is 87.1. The third-order valence-corrected chi connectivity index (χ3v) is 14.1. The van der Waals surface area contributed by atoms with Crippen molar-refractivity contribution in [2.75, 3.05) is 13.2 Å². The van der Waals surface area contributed by atoms with E-state index >= 15 is 0 Å². The highest BCUT2D eigenvalue weighted by atomic mass is 16.6. The Balaban J connectivity index is 4.19. The maximum Gasteiger partial charge on any atom is 0.306 e. The fraction of sp³-hybridized carbons (Fsp3) is 0.732. The number of hydrogen-bond donors (Lipinski definition) is 0. The molecule has 77 heavy (non-hydrogen) atoms. The number of allylic oxidation sites excluding steroid dienone is 16. The number of carbonyl (C=O) groups is 3. The predicted molar refractivity (Wildman–Crippen MR) is 334 cm³/mol. The van der Waals surface area contributed by atoms with E-state index in [-0.39, 0.29) is 31.1 Å². The minimum absolute atomic E-state index is 0.0759. The number of hydrogen-bond acceptors (Lipinski definition) is 6. The van der Waals surface area contributed by atoms with Crippen molar-refractivity contribution < 1.29 is 28.6 Å². The molecule has 0 aliphatic heterocycles. The summed E-state index contributed by atoms with van der Waals surface area (Å²) < 4.78 is 16.9. The molecule has 6 heteroatoms. The van der Waals surface area contributed by atoms with Crippen LogP contribution in [0, 0.1) is 0 Å². The van der Waals surface area contributed by atoms with Crippen molar-refractivity contribution in [2.45, 2.75) is 322 Å². The number of esters is 3. The highest BCUT2D eigenvalue weighted by Gasteiger charge is 2.19. The molecule has 6 nitrogen and oxygen atoms in total. The molecule has 0 N–H and O–H groups in total. The Kier molecular flexibility index (Phi) is 61.8. The first-order valence-electron chi connectivity index (χ1n) is 32.7. The average Bonchev–Trinajstić information content (AvgIpc) is 3.43. The molecule has 0 amide bonds. The smallest absolute Gasteiger partial charge is 0.306 e. The zero-order chi connectivity index (χ0) is 55.7. The molecular weight excluding hydrogens is 949 g/mol. The number of rotatable bonds is 59. The maximum absolute atomic E-state index is 12.9. The van der Waals surface area contributed by atoms with Crippen molar-refractivity contribution in [3.63, 3.8) is 0 Å². The molecule has 0 aliphatic carbocycles. The molecule has 0 aliphatic rings. The molecule has 442 valence electrons. The van der Waals surface area contributed by atoms with Gasteiger partial charge >= 0.3 is 17.9 Å². The highest BCUT2D eigenvalue weighted by Crippen LogP contribution is 2.17. The van der Waals surface area contributed by atoms with Gasteiger partial charge in [0.2, 0.25) is 0 Å². The van der Waals surface area contributed by atoms with E-state index in [1.54, 1.807) is 0 Å². The molecule has 0 heterocycles. The van der Waals surface area contributed by atoms with Crippen LogP contribution < -0.4 is 0 Å². The van der Waals surface area contributed by atoms with Gasteiger partial charge in [0.1, 0.15) is 13.2 Å². The van der Waals surface area contributed by atoms with Crippen LogP contribution >= 0.6 is 0 Å². The average molecular weight is 1070 g/mol. The molecule has 0 aromatic carbocycles. The predicted octanol–water partition coefficient (Wildman–Crippen LogP) is 22.4. The van der Waals surface area contributed by atoms with Crippen molar-refractivity contribution in [2.24, 2.45) is 0 Å². The van der Waals surface area contributed by atoms with Crippen LogP contribution in [0.1, 0.15) is 316 Å². The fourth-order valence-corrected chi connectivity index (χ4v) is 9.25. The number of unbranched alkanes of at least 4 members (excludes halogenated alkanes) is 32. The van der Waals surface area contributed by atoms with Crippen LogP contribution in [0.2, 0.25) is 0 Å². The summed E-state index contributed by atoms with van der Waals surface area (Å²) >= 11 is 0. The van der Waals surface area contributed by atoms with E-state index in [1.165, 1.54) is 167 Å². The summed E-state index contributed by atoms with van der Waals surface area (Å²) in [6, 6.07) is 0. The highest BCUT2D eigenvalue weighted by molar-refractivity contribution is 5.71. The van der Waals surface area contributed by atoms with E-state index < -0.39 is 6.10 Å². The Labute approximate surface area is 477 Å². The lowest BCUT2D eigenvalue weighted by Gasteiger charge is -2.18. The van der Waals surface area contributed by atoms with Gasteiger partial charge in [-0.05, 0) is 96.3 Å². The molecule has 0 aromatic heterocycles. The minimum atomic E-state index is -0.778. The summed E-state index contributed by atoms with van der Waals surface area (Å²) in [6.45, 7) is 6.42. The van der Waals surface area contributed by atoms with E-state index in [2.05, 4.69) is 118 Å². The summed E-state index contributed by atoms with van der Waals surface area (Å²) in [5.74, 6) is -0.872. The van der Waals surface area contributed by atoms with Crippen LogP contribution in [0.3, 0.4) is 0 Å². The first-order valence-corrected chi connectivity index (χ1v) is 32.7. The molecular formula is C71H122O6. The molecule has 0 fully saturated rings. The molecule has 1 unspecified atom stereocenters. The Morgan fingerprint density at radius 3 is 0.792 bits per heavy atom. The van der Waals surface area contributed by atoms with Gasteiger partial charge in [-0.25, -0.2) is 0 Å². The van der Waals surface area contributed by atoms with Crippen LogP contribution in [-0.4, -0.2) is 37.2 Å². The monoisotopic (exact) mass is 1070 g/mol. The Hall–Kier alpha value is -3.67. The minimum Gasteiger partial charge on any atom is -0.462 e. The van der Waals surface area contributed by atoms with Gasteiger partial charge in [-0.2, -0.15) is 0 Å². The van der Waals surface area contributed by atoms with E-state index in [1.807, 2.05) is 0 Å². The summed E-state index contributed by atoms with van der Waals surface area (Å²) in [5.41, 5.74) is 0. The Morgan fingerprint density at radius 2 is 0.506 bits per heavy atom. The zero-order valence-electron chi connectivity index (χ0n) is 50.7. The fourth-order valence-electron chi connectivity index (χ4n) is 9.25. The first-order chi connectivity index (χ1) is 38.0. The summed E-state index contributed by atoms with van der Waals surface area (Å²) in [7, 11) is 0. The van der Waals surface area contributed by atoms with Crippen molar-refractivity contribution >= 4 is 17.9 Å². The van der Waals surface area contributed by atoms with Crippen molar-refractivity contribution in [1.29, 1.82) is 0 Å². The maximum atomic E-state index is 12.9. The van der Waals surface area contributed by atoms with E-state index in [0.717, 1.165) is 109 Å². The van der Waals surface area contributed by atoms with E-state index in [4.69, 9.17) is 14.2 Å². The topological polar surface area (TPSA) is 78.9 Å². The van der Waals surface area contributed by atoms with Gasteiger partial charge in [0.05, 0.1) is 0 Å². The van der Waals surface area contributed by atoms with Gasteiger partial charge in [-0.1, -0.05) is 298 Å². The SMILES string of the molecule is CC/C=C\C/C=C\C/C=C\C/C=C\CCCCCCCCCCCCCCCCC(=O)OCC(COC(=O)CCCCCCCCCCC)OC(=O)CCCCCCCCCCCC/C=C\C/C=C\C/C=C\C/C=C\CC. The van der Waals surface area contributed by atoms with Gasteiger partial charge in [0.25, 0.3) is 0 Å². The van der Waals surface area contributed by atoms with E-state index in [0.29, 0.717) is 19.3 Å². The van der Waals surface area contributed by atoms with E-state index in [9.17, 15) is 14.4 Å². The second kappa shape index (κ2) is 64.9. The standard InChI is InChI=1S/C71H122O6/c1-4-7-10-13-16-19-21-23-25-27-29-31-33-34-35-36-38-39-41-43-45-47-49-52-55-58-61-64-70(73)76-67-68(66-75-69(72)63-60-57-54-51-18-15-12-9-6-3)77-71(74)65-62-59-56-53-50-48-46-44-42-40-37-32-30-28-26-24-22-20-17-14-11-8-5-2/h7-8,10-11,16-17,19-20,23-26,29-32,68H,4-6,9,12-15,18,21-22,27-28,33-67H2,1-3H3/b10-7-,11-8-,19-16-,20-17-,25-23-,26-24-,31-29-,32-30-. The first kappa shape index (κ1) is 73.3. The normalized spacial score (nSPS) is 12.7. The van der Waals surface area contributed by atoms with Crippen LogP contribution in [0.4, 0.5) is 0 Å². The number of carbonyl (C=O) groups excluding carboxylic acids is 3. The van der Waals surface area contributed by atoms with Gasteiger partial charge in [-0.15, -0.1) is 0 Å². The third-order valence-electron chi connectivity index (χ3n) is 14.1. The van der Waals surface area contributed by atoms with Crippen molar-refractivity contribution in [3.05, 3.63) is 97.2 Å². The molecule has 0 saturated carbocycles. The lowest BCUT2D eigenvalue weighted by Crippen LogP contribution is -2.30. The van der Waals surface area contributed by atoms with Crippen molar-refractivity contribution in [1.82, 2.24) is 0 Å². The van der Waals surface area contributed by atoms with Gasteiger partial charge < -0.3 is 14.2 Å². The Bertz CT molecular complexity index is 1510. The quantitative estimate of drug-likeness (QED) is 0.0261. The van der Waals surface area contributed by atoms with Gasteiger partial charge in [0.15, 0.2) is 6.10 Å². The molecule has 0 saturated heterocycles. The van der Waals surface area contributed by atoms with Crippen LogP contribution in [0.15, 0.2) is 97.2 Å². The molecule has 1 atom stereocenters. The molecule has 0 bridgehead atoms. The van der Waals surface area contributed by atoms with Crippen molar-refractivity contribution in [3.8, 4) is 0 Å². The van der Waals surface area contributed by atoms with Crippen LogP contribution in [-0.2, 0) is 28.6 Å². The van der Waals surface area contributed by atoms with Gasteiger partial charge in [0, 0.05) is 19.3 Å². The third kappa shape index (κ3) is 63.0. The second-order valence-electron chi connectivity index (χ2n) is 21.6. The largest absolute Gasteiger partial charge is 0.462 e. The number of ether oxygens (including phenoxy) is 3. The molecule has 0 aromatic rings. The van der Waals surface area contributed by atoms with Crippen LogP contribution in [0.25, 0.3) is 0 Å². The molecule has 0 radical (unpaired) electrons. The van der Waals surface area contributed by atoms with Crippen LogP contribution in [0.5, 0.6) is 0 Å².